The number of rotatable bonds is 4. The van der Waals surface area contributed by atoms with Gasteiger partial charge in [0.2, 0.25) is 5.91 Å². The van der Waals surface area contributed by atoms with Crippen LogP contribution in [0.15, 0.2) is 42.5 Å². The predicted molar refractivity (Wildman–Crippen MR) is 123 cm³/mol. The van der Waals surface area contributed by atoms with Crippen molar-refractivity contribution in [2.45, 2.75) is 12.8 Å². The van der Waals surface area contributed by atoms with E-state index in [9.17, 15) is 4.79 Å². The Bertz CT molecular complexity index is 927. The molecular weight excluding hydrogens is 437 g/mol. The molecule has 1 amide bonds. The van der Waals surface area contributed by atoms with E-state index in [1.165, 1.54) is 6.08 Å². The van der Waals surface area contributed by atoms with Gasteiger partial charge in [-0.3, -0.25) is 10.1 Å². The van der Waals surface area contributed by atoms with Crippen molar-refractivity contribution >= 4 is 75.5 Å². The molecule has 146 valence electrons. The summed E-state index contributed by atoms with van der Waals surface area (Å²) in [5.41, 5.74) is 2.36. The Balaban J connectivity index is 1.65. The number of amides is 1. The van der Waals surface area contributed by atoms with Gasteiger partial charge in [-0.05, 0) is 61.0 Å². The molecule has 0 unspecified atom stereocenters. The average molecular weight is 455 g/mol. The zero-order chi connectivity index (χ0) is 20.1. The second kappa shape index (κ2) is 9.61. The van der Waals surface area contributed by atoms with Gasteiger partial charge in [0.15, 0.2) is 5.11 Å². The number of halogens is 3. The largest absolute Gasteiger partial charge is 0.369 e. The van der Waals surface area contributed by atoms with E-state index < -0.39 is 0 Å². The number of carbonyl (C=O) groups excluding carboxylic acids is 1. The molecule has 28 heavy (non-hydrogen) atoms. The summed E-state index contributed by atoms with van der Waals surface area (Å²) in [4.78, 5) is 14.4. The Morgan fingerprint density at radius 3 is 2.54 bits per heavy atom. The van der Waals surface area contributed by atoms with Crippen molar-refractivity contribution in [3.05, 3.63) is 63.1 Å². The molecule has 2 N–H and O–H groups in total. The number of para-hydroxylation sites is 1. The highest BCUT2D eigenvalue weighted by Crippen LogP contribution is 2.35. The van der Waals surface area contributed by atoms with Crippen LogP contribution in [0.4, 0.5) is 11.4 Å². The van der Waals surface area contributed by atoms with Crippen LogP contribution in [-0.2, 0) is 4.79 Å². The van der Waals surface area contributed by atoms with E-state index in [0.717, 1.165) is 37.3 Å². The Hall–Kier alpha value is -1.79. The lowest BCUT2D eigenvalue weighted by Crippen LogP contribution is -2.33. The number of thiocarbonyl (C=S) groups is 1. The Morgan fingerprint density at radius 1 is 1.07 bits per heavy atom. The molecule has 1 saturated heterocycles. The van der Waals surface area contributed by atoms with Crippen molar-refractivity contribution < 1.29 is 4.79 Å². The maximum absolute atomic E-state index is 12.2. The first-order valence-corrected chi connectivity index (χ1v) is 10.3. The van der Waals surface area contributed by atoms with Crippen molar-refractivity contribution in [2.24, 2.45) is 0 Å². The van der Waals surface area contributed by atoms with Crippen molar-refractivity contribution in [3.8, 4) is 0 Å². The lowest BCUT2D eigenvalue weighted by atomic mass is 10.2. The number of anilines is 2. The first-order valence-electron chi connectivity index (χ1n) is 8.72. The fourth-order valence-corrected chi connectivity index (χ4v) is 3.96. The van der Waals surface area contributed by atoms with Crippen LogP contribution in [0.25, 0.3) is 6.08 Å². The van der Waals surface area contributed by atoms with Crippen LogP contribution in [0.2, 0.25) is 15.1 Å². The fourth-order valence-electron chi connectivity index (χ4n) is 2.99. The molecule has 1 heterocycles. The smallest absolute Gasteiger partial charge is 0.250 e. The molecule has 0 radical (unpaired) electrons. The van der Waals surface area contributed by atoms with Crippen molar-refractivity contribution in [1.29, 1.82) is 0 Å². The van der Waals surface area contributed by atoms with Crippen LogP contribution in [0, 0.1) is 0 Å². The molecule has 2 aromatic rings. The third kappa shape index (κ3) is 5.39. The number of hydrogen-bond acceptors (Lipinski definition) is 3. The summed E-state index contributed by atoms with van der Waals surface area (Å²) < 4.78 is 0. The fraction of sp³-hybridized carbons (Fsp3) is 0.200. The zero-order valence-electron chi connectivity index (χ0n) is 14.8. The number of nitrogens with zero attached hydrogens (tertiary/aromatic N) is 1. The second-order valence-electron chi connectivity index (χ2n) is 6.27. The molecule has 0 aromatic heterocycles. The summed E-state index contributed by atoms with van der Waals surface area (Å²) in [5.74, 6) is -0.367. The molecule has 8 heteroatoms. The highest BCUT2D eigenvalue weighted by Gasteiger charge is 2.19. The highest BCUT2D eigenvalue weighted by molar-refractivity contribution is 7.80. The van der Waals surface area contributed by atoms with Crippen LogP contribution < -0.4 is 15.5 Å². The van der Waals surface area contributed by atoms with Gasteiger partial charge in [0.05, 0.1) is 16.4 Å². The molecule has 0 spiro atoms. The van der Waals surface area contributed by atoms with Crippen LogP contribution in [0.3, 0.4) is 0 Å². The topological polar surface area (TPSA) is 44.4 Å². The van der Waals surface area contributed by atoms with Gasteiger partial charge in [0.25, 0.3) is 0 Å². The van der Waals surface area contributed by atoms with Crippen LogP contribution in [0.1, 0.15) is 18.4 Å². The monoisotopic (exact) mass is 453 g/mol. The third-order valence-electron chi connectivity index (χ3n) is 4.27. The first-order chi connectivity index (χ1) is 13.4. The molecule has 1 aliphatic heterocycles. The number of hydrogen-bond donors (Lipinski definition) is 2. The van der Waals surface area contributed by atoms with Crippen molar-refractivity contribution in [3.63, 3.8) is 0 Å². The molecule has 2 aromatic carbocycles. The lowest BCUT2D eigenvalue weighted by molar-refractivity contribution is -0.115. The van der Waals surface area contributed by atoms with Crippen LogP contribution in [0.5, 0.6) is 0 Å². The van der Waals surface area contributed by atoms with Gasteiger partial charge in [-0.25, -0.2) is 0 Å². The van der Waals surface area contributed by atoms with E-state index in [-0.39, 0.29) is 11.0 Å². The van der Waals surface area contributed by atoms with Gasteiger partial charge < -0.3 is 10.2 Å². The molecular formula is C20H18Cl3N3OS. The van der Waals surface area contributed by atoms with E-state index in [0.29, 0.717) is 20.6 Å². The Morgan fingerprint density at radius 2 is 1.82 bits per heavy atom. The van der Waals surface area contributed by atoms with Gasteiger partial charge >= 0.3 is 0 Å². The van der Waals surface area contributed by atoms with E-state index in [1.807, 2.05) is 18.2 Å². The predicted octanol–water partition coefficient (Wildman–Crippen LogP) is 5.77. The normalized spacial score (nSPS) is 13.8. The SMILES string of the molecule is O=C(/C=C/c1ccc(Cl)cc1Cl)NC(=S)Nc1cccc(Cl)c1N1CCCC1. The van der Waals surface area contributed by atoms with E-state index in [2.05, 4.69) is 15.5 Å². The first kappa shape index (κ1) is 20.9. The van der Waals surface area contributed by atoms with Gasteiger partial charge in [0.1, 0.15) is 0 Å². The second-order valence-corrected chi connectivity index (χ2v) is 7.93. The van der Waals surface area contributed by atoms with Crippen LogP contribution >= 0.6 is 47.0 Å². The van der Waals surface area contributed by atoms with Gasteiger partial charge in [-0.1, -0.05) is 46.9 Å². The molecule has 3 rings (SSSR count). The van der Waals surface area contributed by atoms with E-state index in [1.54, 1.807) is 24.3 Å². The van der Waals surface area contributed by atoms with Crippen molar-refractivity contribution in [2.75, 3.05) is 23.3 Å². The zero-order valence-corrected chi connectivity index (χ0v) is 17.9. The average Bonchev–Trinajstić information content (AvgIpc) is 3.15. The summed E-state index contributed by atoms with van der Waals surface area (Å²) in [5, 5.41) is 7.55. The molecule has 0 bridgehead atoms. The minimum absolute atomic E-state index is 0.194. The molecule has 4 nitrogen and oxygen atoms in total. The Labute approximate surface area is 184 Å². The van der Waals surface area contributed by atoms with E-state index in [4.69, 9.17) is 47.0 Å². The van der Waals surface area contributed by atoms with Gasteiger partial charge in [-0.2, -0.15) is 0 Å². The summed E-state index contributed by atoms with van der Waals surface area (Å²) in [7, 11) is 0. The molecule has 1 fully saturated rings. The highest BCUT2D eigenvalue weighted by atomic mass is 35.5. The maximum atomic E-state index is 12.2. The van der Waals surface area contributed by atoms with Gasteiger partial charge in [0, 0.05) is 29.2 Å². The molecule has 0 atom stereocenters. The minimum Gasteiger partial charge on any atom is -0.369 e. The quantitative estimate of drug-likeness (QED) is 0.454. The lowest BCUT2D eigenvalue weighted by Gasteiger charge is -2.23. The number of benzene rings is 2. The summed E-state index contributed by atoms with van der Waals surface area (Å²) in [6, 6.07) is 10.6. The standard InChI is InChI=1S/C20H18Cl3N3OS/c21-14-8-6-13(16(23)12-14)7-9-18(27)25-20(28)24-17-5-3-4-15(22)19(17)26-10-1-2-11-26/h3-9,12H,1-2,10-11H2,(H2,24,25,27,28)/b9-7+. The summed E-state index contributed by atoms with van der Waals surface area (Å²) >= 11 is 23.6. The number of carbonyl (C=O) groups is 1. The minimum atomic E-state index is -0.367. The van der Waals surface area contributed by atoms with E-state index >= 15 is 0 Å². The third-order valence-corrected chi connectivity index (χ3v) is 5.34. The maximum Gasteiger partial charge on any atom is 0.250 e. The molecule has 0 aliphatic carbocycles. The molecule has 1 aliphatic rings. The van der Waals surface area contributed by atoms with Crippen LogP contribution in [-0.4, -0.2) is 24.1 Å². The number of nitrogens with one attached hydrogen (secondary N) is 2. The summed E-state index contributed by atoms with van der Waals surface area (Å²) in [6.45, 7) is 1.89. The van der Waals surface area contributed by atoms with Gasteiger partial charge in [-0.15, -0.1) is 0 Å². The summed E-state index contributed by atoms with van der Waals surface area (Å²) in [6.07, 6.45) is 5.22. The molecule has 0 saturated carbocycles. The van der Waals surface area contributed by atoms with Crippen molar-refractivity contribution in [1.82, 2.24) is 5.32 Å². The Kier molecular flexibility index (Phi) is 7.18.